The molecule has 27 heavy (non-hydrogen) atoms. The number of benzene rings is 1. The lowest BCUT2D eigenvalue weighted by Crippen LogP contribution is -2.16. The maximum Gasteiger partial charge on any atom is 0.337 e. The molecule has 2 aliphatic rings. The van der Waals surface area contributed by atoms with Crippen molar-refractivity contribution < 1.29 is 19.4 Å². The highest BCUT2D eigenvalue weighted by molar-refractivity contribution is 5.91. The summed E-state index contributed by atoms with van der Waals surface area (Å²) in [6, 6.07) is 6.89. The first-order valence-corrected chi connectivity index (χ1v) is 9.70. The average Bonchev–Trinajstić information content (AvgIpc) is 3.43. The lowest BCUT2D eigenvalue weighted by molar-refractivity contribution is 0.00815. The lowest BCUT2D eigenvalue weighted by atomic mass is 10.1. The van der Waals surface area contributed by atoms with Gasteiger partial charge in [-0.1, -0.05) is 25.0 Å². The molecule has 1 aromatic heterocycles. The summed E-state index contributed by atoms with van der Waals surface area (Å²) >= 11 is 0. The molecule has 1 atom stereocenters. The number of carbonyl (C=O) groups is 1. The third-order valence-electron chi connectivity index (χ3n) is 5.33. The van der Waals surface area contributed by atoms with Gasteiger partial charge in [-0.3, -0.25) is 0 Å². The Labute approximate surface area is 158 Å². The number of hydrogen-bond acceptors (Lipinski definition) is 5. The van der Waals surface area contributed by atoms with Crippen molar-refractivity contribution in [2.24, 2.45) is 0 Å². The molecule has 2 aromatic rings. The molecule has 0 bridgehead atoms. The molecule has 4 rings (SSSR count). The second kappa shape index (κ2) is 8.19. The monoisotopic (exact) mass is 371 g/mol. The Bertz CT molecular complexity index is 792. The highest BCUT2D eigenvalue weighted by Gasteiger charge is 2.25. The van der Waals surface area contributed by atoms with Gasteiger partial charge in [-0.2, -0.15) is 5.10 Å². The molecule has 2 fully saturated rings. The Hall–Kier alpha value is -2.25. The van der Waals surface area contributed by atoms with Crippen molar-refractivity contribution in [1.29, 1.82) is 0 Å². The molecule has 1 aromatic carbocycles. The van der Waals surface area contributed by atoms with E-state index in [0.717, 1.165) is 38.1 Å². The molecule has 144 valence electrons. The van der Waals surface area contributed by atoms with E-state index in [1.165, 1.54) is 12.8 Å². The summed E-state index contributed by atoms with van der Waals surface area (Å²) < 4.78 is 13.1. The predicted octanol–water partition coefficient (Wildman–Crippen LogP) is 3.32. The van der Waals surface area contributed by atoms with Crippen LogP contribution in [0.15, 0.2) is 24.3 Å². The molecule has 2 heterocycles. The van der Waals surface area contributed by atoms with E-state index >= 15 is 0 Å². The SMILES string of the molecule is O=C(O)c1ccccc1-n1nc(C2CCCC2)nc1COC[C@H]1CCCO1. The molecular formula is C20H25N3O4. The summed E-state index contributed by atoms with van der Waals surface area (Å²) in [5, 5.41) is 14.2. The van der Waals surface area contributed by atoms with Crippen LogP contribution >= 0.6 is 0 Å². The normalized spacial score (nSPS) is 20.4. The quantitative estimate of drug-likeness (QED) is 0.803. The van der Waals surface area contributed by atoms with E-state index in [-0.39, 0.29) is 18.3 Å². The number of ether oxygens (including phenoxy) is 2. The standard InChI is InChI=1S/C20H25N3O4/c24-20(25)16-9-3-4-10-17(16)23-18(13-26-12-15-8-5-11-27-15)21-19(22-23)14-6-1-2-7-14/h3-4,9-10,14-15H,1-2,5-8,11-13H2,(H,24,25)/t15-/m1/s1. The van der Waals surface area contributed by atoms with Gasteiger partial charge in [0.05, 0.1) is 24.0 Å². The Kier molecular flexibility index (Phi) is 5.50. The first-order valence-electron chi connectivity index (χ1n) is 9.70. The molecule has 7 nitrogen and oxygen atoms in total. The van der Waals surface area contributed by atoms with E-state index < -0.39 is 5.97 Å². The largest absolute Gasteiger partial charge is 0.478 e. The number of nitrogens with zero attached hydrogens (tertiary/aromatic N) is 3. The van der Waals surface area contributed by atoms with E-state index in [0.29, 0.717) is 24.0 Å². The van der Waals surface area contributed by atoms with Gasteiger partial charge >= 0.3 is 5.97 Å². The van der Waals surface area contributed by atoms with E-state index in [4.69, 9.17) is 14.5 Å². The zero-order valence-electron chi connectivity index (χ0n) is 15.3. The molecule has 1 aliphatic heterocycles. The van der Waals surface area contributed by atoms with E-state index in [1.54, 1.807) is 22.9 Å². The Morgan fingerprint density at radius 3 is 2.78 bits per heavy atom. The number of rotatable bonds is 7. The van der Waals surface area contributed by atoms with E-state index in [9.17, 15) is 9.90 Å². The van der Waals surface area contributed by atoms with Crippen molar-refractivity contribution in [1.82, 2.24) is 14.8 Å². The average molecular weight is 371 g/mol. The van der Waals surface area contributed by atoms with Crippen LogP contribution in [0.3, 0.4) is 0 Å². The van der Waals surface area contributed by atoms with Crippen LogP contribution in [0, 0.1) is 0 Å². The molecule has 0 spiro atoms. The Balaban J connectivity index is 1.60. The molecule has 0 unspecified atom stereocenters. The van der Waals surface area contributed by atoms with Crippen LogP contribution in [0.2, 0.25) is 0 Å². The Morgan fingerprint density at radius 1 is 1.22 bits per heavy atom. The van der Waals surface area contributed by atoms with Gasteiger partial charge in [-0.25, -0.2) is 14.5 Å². The maximum atomic E-state index is 11.6. The molecule has 1 N–H and O–H groups in total. The second-order valence-corrected chi connectivity index (χ2v) is 7.25. The number of carboxylic acid groups (broad SMARTS) is 1. The van der Waals surface area contributed by atoms with Gasteiger partial charge in [0.15, 0.2) is 11.6 Å². The summed E-state index contributed by atoms with van der Waals surface area (Å²) in [5.74, 6) is 0.807. The minimum absolute atomic E-state index is 0.141. The highest BCUT2D eigenvalue weighted by atomic mass is 16.5. The number of aromatic nitrogens is 3. The maximum absolute atomic E-state index is 11.6. The molecular weight excluding hydrogens is 346 g/mol. The smallest absolute Gasteiger partial charge is 0.337 e. The third kappa shape index (κ3) is 4.04. The minimum atomic E-state index is -0.977. The van der Waals surface area contributed by atoms with Gasteiger partial charge in [0.2, 0.25) is 0 Å². The van der Waals surface area contributed by atoms with Crippen LogP contribution in [0.1, 0.15) is 66.4 Å². The van der Waals surface area contributed by atoms with Crippen molar-refractivity contribution in [2.45, 2.75) is 57.2 Å². The first kappa shape index (κ1) is 18.1. The van der Waals surface area contributed by atoms with Crippen LogP contribution in [0.4, 0.5) is 0 Å². The van der Waals surface area contributed by atoms with Crippen molar-refractivity contribution in [2.75, 3.05) is 13.2 Å². The highest BCUT2D eigenvalue weighted by Crippen LogP contribution is 2.33. The minimum Gasteiger partial charge on any atom is -0.478 e. The number of para-hydroxylation sites is 1. The Morgan fingerprint density at radius 2 is 2.04 bits per heavy atom. The fraction of sp³-hybridized carbons (Fsp3) is 0.550. The van der Waals surface area contributed by atoms with Crippen molar-refractivity contribution >= 4 is 5.97 Å². The van der Waals surface area contributed by atoms with Gasteiger partial charge in [-0.05, 0) is 37.8 Å². The van der Waals surface area contributed by atoms with Crippen LogP contribution in [-0.4, -0.2) is 45.2 Å². The molecule has 1 saturated carbocycles. The molecule has 0 amide bonds. The van der Waals surface area contributed by atoms with Crippen LogP contribution in [0.25, 0.3) is 5.69 Å². The van der Waals surface area contributed by atoms with Crippen LogP contribution in [0.5, 0.6) is 0 Å². The van der Waals surface area contributed by atoms with Gasteiger partial charge in [0, 0.05) is 12.5 Å². The topological polar surface area (TPSA) is 86.5 Å². The van der Waals surface area contributed by atoms with E-state index in [2.05, 4.69) is 5.10 Å². The molecule has 1 saturated heterocycles. The fourth-order valence-electron chi connectivity index (χ4n) is 3.90. The zero-order chi connectivity index (χ0) is 18.6. The van der Waals surface area contributed by atoms with Gasteiger partial charge in [-0.15, -0.1) is 0 Å². The lowest BCUT2D eigenvalue weighted by Gasteiger charge is -2.11. The summed E-state index contributed by atoms with van der Waals surface area (Å²) in [7, 11) is 0. The predicted molar refractivity (Wildman–Crippen MR) is 98.2 cm³/mol. The summed E-state index contributed by atoms with van der Waals surface area (Å²) in [6.45, 7) is 1.60. The van der Waals surface area contributed by atoms with Gasteiger partial charge in [0.1, 0.15) is 6.61 Å². The van der Waals surface area contributed by atoms with Crippen molar-refractivity contribution in [3.05, 3.63) is 41.5 Å². The summed E-state index contributed by atoms with van der Waals surface area (Å²) in [4.78, 5) is 16.4. The van der Waals surface area contributed by atoms with Crippen molar-refractivity contribution in [3.8, 4) is 5.69 Å². The summed E-state index contributed by atoms with van der Waals surface area (Å²) in [6.07, 6.45) is 6.78. The van der Waals surface area contributed by atoms with E-state index in [1.807, 2.05) is 6.07 Å². The number of carboxylic acids is 1. The molecule has 7 heteroatoms. The zero-order valence-corrected chi connectivity index (χ0v) is 15.3. The summed E-state index contributed by atoms with van der Waals surface area (Å²) in [5.41, 5.74) is 0.734. The number of hydrogen-bond donors (Lipinski definition) is 1. The van der Waals surface area contributed by atoms with Crippen LogP contribution < -0.4 is 0 Å². The molecule has 0 radical (unpaired) electrons. The number of aromatic carboxylic acids is 1. The van der Waals surface area contributed by atoms with Crippen molar-refractivity contribution in [3.63, 3.8) is 0 Å². The van der Waals surface area contributed by atoms with Gasteiger partial charge < -0.3 is 14.6 Å². The third-order valence-corrected chi connectivity index (χ3v) is 5.33. The van der Waals surface area contributed by atoms with Crippen LogP contribution in [-0.2, 0) is 16.1 Å². The second-order valence-electron chi connectivity index (χ2n) is 7.25. The van der Waals surface area contributed by atoms with Gasteiger partial charge in [0.25, 0.3) is 0 Å². The first-order chi connectivity index (χ1) is 13.2. The fourth-order valence-corrected chi connectivity index (χ4v) is 3.90. The molecule has 1 aliphatic carbocycles.